The molecular weight excluding hydrogens is 266 g/mol. The van der Waals surface area contributed by atoms with E-state index in [2.05, 4.69) is 34.2 Å². The Bertz CT molecular complexity index is 325. The molecule has 1 nitrogen and oxygen atoms in total. The molecule has 0 aromatic heterocycles. The SMILES string of the molecule is CSC(=S)Nc1ccc(Br)c(C)c1. The highest BCUT2D eigenvalue weighted by Gasteiger charge is 1.98. The maximum absolute atomic E-state index is 5.05. The number of anilines is 1. The Kier molecular flexibility index (Phi) is 4.22. The van der Waals surface area contributed by atoms with Gasteiger partial charge in [0, 0.05) is 10.2 Å². The molecule has 0 fully saturated rings. The minimum atomic E-state index is 0.793. The summed E-state index contributed by atoms with van der Waals surface area (Å²) in [4.78, 5) is 0. The van der Waals surface area contributed by atoms with Gasteiger partial charge in [0.1, 0.15) is 4.32 Å². The number of hydrogen-bond acceptors (Lipinski definition) is 2. The highest BCUT2D eigenvalue weighted by atomic mass is 79.9. The van der Waals surface area contributed by atoms with Gasteiger partial charge in [-0.3, -0.25) is 0 Å². The molecule has 0 saturated carbocycles. The van der Waals surface area contributed by atoms with Crippen LogP contribution in [0.25, 0.3) is 0 Å². The van der Waals surface area contributed by atoms with Crippen LogP contribution in [0.15, 0.2) is 22.7 Å². The molecule has 0 aliphatic heterocycles. The van der Waals surface area contributed by atoms with Gasteiger partial charge in [-0.1, -0.05) is 28.1 Å². The van der Waals surface area contributed by atoms with E-state index < -0.39 is 0 Å². The molecule has 0 heterocycles. The number of thioether (sulfide) groups is 1. The van der Waals surface area contributed by atoms with E-state index in [1.165, 1.54) is 17.3 Å². The lowest BCUT2D eigenvalue weighted by Gasteiger charge is -2.06. The number of aryl methyl sites for hydroxylation is 1. The monoisotopic (exact) mass is 275 g/mol. The number of rotatable bonds is 1. The van der Waals surface area contributed by atoms with Gasteiger partial charge in [-0.05, 0) is 36.9 Å². The summed E-state index contributed by atoms with van der Waals surface area (Å²) in [5, 5.41) is 3.13. The minimum Gasteiger partial charge on any atom is -0.341 e. The zero-order valence-corrected chi connectivity index (χ0v) is 10.6. The fourth-order valence-electron chi connectivity index (χ4n) is 0.891. The zero-order valence-electron chi connectivity index (χ0n) is 7.43. The average molecular weight is 276 g/mol. The van der Waals surface area contributed by atoms with Crippen LogP contribution in [0.4, 0.5) is 5.69 Å². The van der Waals surface area contributed by atoms with Crippen LogP contribution in [0.2, 0.25) is 0 Å². The summed E-state index contributed by atoms with van der Waals surface area (Å²) in [6.45, 7) is 2.05. The van der Waals surface area contributed by atoms with E-state index in [4.69, 9.17) is 12.2 Å². The summed E-state index contributed by atoms with van der Waals surface area (Å²) in [6, 6.07) is 6.08. The summed E-state index contributed by atoms with van der Waals surface area (Å²) in [7, 11) is 0. The first-order chi connectivity index (χ1) is 6.13. The topological polar surface area (TPSA) is 12.0 Å². The van der Waals surface area contributed by atoms with Crippen molar-refractivity contribution in [1.29, 1.82) is 0 Å². The van der Waals surface area contributed by atoms with Gasteiger partial charge < -0.3 is 5.32 Å². The Morgan fingerprint density at radius 3 is 2.77 bits per heavy atom. The summed E-state index contributed by atoms with van der Waals surface area (Å²) in [5.74, 6) is 0. The quantitative estimate of drug-likeness (QED) is 0.783. The van der Waals surface area contributed by atoms with Crippen molar-refractivity contribution in [3.63, 3.8) is 0 Å². The predicted octanol–water partition coefficient (Wildman–Crippen LogP) is 3.82. The lowest BCUT2D eigenvalue weighted by Crippen LogP contribution is -2.03. The van der Waals surface area contributed by atoms with Gasteiger partial charge in [0.15, 0.2) is 0 Å². The Morgan fingerprint density at radius 1 is 1.54 bits per heavy atom. The standard InChI is InChI=1S/C9H10BrNS2/c1-6-5-7(3-4-8(6)10)11-9(12)13-2/h3-5H,1-2H3,(H,11,12). The van der Waals surface area contributed by atoms with Crippen molar-refractivity contribution >= 4 is 49.9 Å². The molecule has 1 aromatic carbocycles. The van der Waals surface area contributed by atoms with Crippen LogP contribution in [0.1, 0.15) is 5.56 Å². The number of hydrogen-bond donors (Lipinski definition) is 1. The van der Waals surface area contributed by atoms with Gasteiger partial charge in [-0.25, -0.2) is 0 Å². The first kappa shape index (κ1) is 11.0. The predicted molar refractivity (Wildman–Crippen MR) is 68.6 cm³/mol. The van der Waals surface area contributed by atoms with Gasteiger partial charge in [0.2, 0.25) is 0 Å². The third kappa shape index (κ3) is 3.29. The van der Waals surface area contributed by atoms with Gasteiger partial charge in [0.05, 0.1) is 0 Å². The van der Waals surface area contributed by atoms with Crippen LogP contribution in [0.3, 0.4) is 0 Å². The number of halogens is 1. The molecule has 0 spiro atoms. The highest BCUT2D eigenvalue weighted by molar-refractivity contribution is 9.10. The van der Waals surface area contributed by atoms with Gasteiger partial charge in [0.25, 0.3) is 0 Å². The summed E-state index contributed by atoms with van der Waals surface area (Å²) in [5.41, 5.74) is 2.24. The fourth-order valence-corrected chi connectivity index (χ4v) is 1.48. The van der Waals surface area contributed by atoms with Crippen molar-refractivity contribution in [2.75, 3.05) is 11.6 Å². The van der Waals surface area contributed by atoms with E-state index in [0.29, 0.717) is 0 Å². The third-order valence-corrected chi connectivity index (χ3v) is 3.55. The molecule has 0 saturated heterocycles. The van der Waals surface area contributed by atoms with E-state index in [1.807, 2.05) is 18.4 Å². The summed E-state index contributed by atoms with van der Waals surface area (Å²) in [6.07, 6.45) is 1.96. The van der Waals surface area contributed by atoms with Crippen molar-refractivity contribution in [2.24, 2.45) is 0 Å². The first-order valence-corrected chi connectivity index (χ1v) is 6.17. The van der Waals surface area contributed by atoms with E-state index >= 15 is 0 Å². The van der Waals surface area contributed by atoms with Crippen LogP contribution in [-0.2, 0) is 0 Å². The third-order valence-electron chi connectivity index (χ3n) is 1.59. The largest absolute Gasteiger partial charge is 0.341 e. The average Bonchev–Trinajstić information content (AvgIpc) is 2.11. The Labute approximate surface area is 96.4 Å². The van der Waals surface area contributed by atoms with E-state index in [1.54, 1.807) is 0 Å². The van der Waals surface area contributed by atoms with E-state index in [9.17, 15) is 0 Å². The van der Waals surface area contributed by atoms with Crippen molar-refractivity contribution in [2.45, 2.75) is 6.92 Å². The molecule has 0 atom stereocenters. The summed E-state index contributed by atoms with van der Waals surface area (Å²) < 4.78 is 1.91. The number of thiocarbonyl (C=S) groups is 1. The molecule has 4 heteroatoms. The van der Waals surface area contributed by atoms with Gasteiger partial charge in [-0.2, -0.15) is 0 Å². The molecule has 0 unspecified atom stereocenters. The maximum atomic E-state index is 5.05. The molecule has 0 aliphatic carbocycles. The molecule has 1 rings (SSSR count). The molecule has 0 aliphatic rings. The minimum absolute atomic E-state index is 0.793. The van der Waals surface area contributed by atoms with Gasteiger partial charge >= 0.3 is 0 Å². The summed E-state index contributed by atoms with van der Waals surface area (Å²) >= 11 is 10.0. The lowest BCUT2D eigenvalue weighted by molar-refractivity contribution is 1.43. The fraction of sp³-hybridized carbons (Fsp3) is 0.222. The van der Waals surface area contributed by atoms with E-state index in [-0.39, 0.29) is 0 Å². The van der Waals surface area contributed by atoms with Crippen molar-refractivity contribution in [3.8, 4) is 0 Å². The van der Waals surface area contributed by atoms with Gasteiger partial charge in [-0.15, -0.1) is 11.8 Å². The highest BCUT2D eigenvalue weighted by Crippen LogP contribution is 2.20. The first-order valence-electron chi connectivity index (χ1n) is 3.74. The molecule has 0 amide bonds. The van der Waals surface area contributed by atoms with Crippen LogP contribution >= 0.6 is 39.9 Å². The number of nitrogens with one attached hydrogen (secondary N) is 1. The van der Waals surface area contributed by atoms with Crippen LogP contribution < -0.4 is 5.32 Å². The zero-order chi connectivity index (χ0) is 9.84. The Morgan fingerprint density at radius 2 is 2.23 bits per heavy atom. The van der Waals surface area contributed by atoms with Crippen molar-refractivity contribution < 1.29 is 0 Å². The molecule has 1 N–H and O–H groups in total. The van der Waals surface area contributed by atoms with Crippen LogP contribution in [0.5, 0.6) is 0 Å². The second-order valence-electron chi connectivity index (χ2n) is 2.58. The van der Waals surface area contributed by atoms with E-state index in [0.717, 1.165) is 14.5 Å². The van der Waals surface area contributed by atoms with Crippen molar-refractivity contribution in [3.05, 3.63) is 28.2 Å². The Balaban J connectivity index is 2.79. The second-order valence-corrected chi connectivity index (χ2v) is 4.92. The maximum Gasteiger partial charge on any atom is 0.137 e. The molecule has 70 valence electrons. The second kappa shape index (κ2) is 4.98. The molecule has 0 bridgehead atoms. The molecular formula is C9H10BrNS2. The Hall–Kier alpha value is -0.0600. The van der Waals surface area contributed by atoms with Crippen molar-refractivity contribution in [1.82, 2.24) is 0 Å². The van der Waals surface area contributed by atoms with Crippen LogP contribution in [-0.4, -0.2) is 10.6 Å². The number of benzene rings is 1. The van der Waals surface area contributed by atoms with Crippen LogP contribution in [0, 0.1) is 6.92 Å². The lowest BCUT2D eigenvalue weighted by atomic mass is 10.2. The molecule has 0 radical (unpaired) electrons. The molecule has 1 aromatic rings. The normalized spacial score (nSPS) is 9.77. The molecule has 13 heavy (non-hydrogen) atoms. The smallest absolute Gasteiger partial charge is 0.137 e.